The Labute approximate surface area is 129 Å². The lowest BCUT2D eigenvalue weighted by atomic mass is 10.0. The van der Waals surface area contributed by atoms with Gasteiger partial charge in [0.25, 0.3) is 0 Å². The fourth-order valence-electron chi connectivity index (χ4n) is 2.56. The molecule has 108 valence electrons. The van der Waals surface area contributed by atoms with Gasteiger partial charge in [0, 0.05) is 4.90 Å². The van der Waals surface area contributed by atoms with Crippen LogP contribution in [0.3, 0.4) is 0 Å². The number of ketones is 1. The van der Waals surface area contributed by atoms with E-state index in [0.717, 1.165) is 10.5 Å². The van der Waals surface area contributed by atoms with Crippen LogP contribution in [-0.4, -0.2) is 16.6 Å². The fraction of sp³-hybridized carbons (Fsp3) is 0.278. The summed E-state index contributed by atoms with van der Waals surface area (Å²) in [6.07, 6.45) is -0.195. The molecular formula is C18H18O2S. The standard InChI is InChI=1S/C18H18O2S/c1-18(2)17(19)16(21-14-11-7-4-8-12-14)15(20-18)13-9-5-3-6-10-13/h3-12,15-16H,1-2H3/t15-,16+/m1/s1. The number of hydrogen-bond acceptors (Lipinski definition) is 3. The normalized spacial score (nSPS) is 24.2. The Kier molecular flexibility index (Phi) is 3.87. The Morgan fingerprint density at radius 3 is 2.14 bits per heavy atom. The van der Waals surface area contributed by atoms with Crippen molar-refractivity contribution in [1.29, 1.82) is 0 Å². The number of carbonyl (C=O) groups excluding carboxylic acids is 1. The van der Waals surface area contributed by atoms with Gasteiger partial charge in [0.05, 0.1) is 0 Å². The predicted molar refractivity (Wildman–Crippen MR) is 85.4 cm³/mol. The van der Waals surface area contributed by atoms with Crippen molar-refractivity contribution in [2.45, 2.75) is 35.7 Å². The fourth-order valence-corrected chi connectivity index (χ4v) is 3.90. The average Bonchev–Trinajstić information content (AvgIpc) is 2.73. The van der Waals surface area contributed by atoms with Crippen molar-refractivity contribution in [1.82, 2.24) is 0 Å². The van der Waals surface area contributed by atoms with E-state index < -0.39 is 5.60 Å². The molecule has 1 aliphatic heterocycles. The highest BCUT2D eigenvalue weighted by atomic mass is 32.2. The number of thioether (sulfide) groups is 1. The molecule has 1 heterocycles. The van der Waals surface area contributed by atoms with Crippen LogP contribution in [0.5, 0.6) is 0 Å². The van der Waals surface area contributed by atoms with Crippen LogP contribution in [0.25, 0.3) is 0 Å². The van der Waals surface area contributed by atoms with Crippen LogP contribution in [0.15, 0.2) is 65.6 Å². The second-order valence-corrected chi connectivity index (χ2v) is 6.89. The molecule has 3 heteroatoms. The molecule has 2 nitrogen and oxygen atoms in total. The van der Waals surface area contributed by atoms with Crippen molar-refractivity contribution < 1.29 is 9.53 Å². The van der Waals surface area contributed by atoms with Gasteiger partial charge < -0.3 is 4.74 Å². The van der Waals surface area contributed by atoms with Gasteiger partial charge in [-0.2, -0.15) is 0 Å². The SMILES string of the molecule is CC1(C)O[C@H](c2ccccc2)[C@H](Sc2ccccc2)C1=O. The van der Waals surface area contributed by atoms with Gasteiger partial charge in [-0.3, -0.25) is 4.79 Å². The lowest BCUT2D eigenvalue weighted by Gasteiger charge is -2.18. The van der Waals surface area contributed by atoms with E-state index in [0.29, 0.717) is 0 Å². The zero-order valence-electron chi connectivity index (χ0n) is 12.2. The van der Waals surface area contributed by atoms with Crippen molar-refractivity contribution in [2.24, 2.45) is 0 Å². The Morgan fingerprint density at radius 2 is 1.52 bits per heavy atom. The Balaban J connectivity index is 1.92. The third kappa shape index (κ3) is 2.89. The third-order valence-corrected chi connectivity index (χ3v) is 4.94. The smallest absolute Gasteiger partial charge is 0.180 e. The maximum absolute atomic E-state index is 12.7. The highest BCUT2D eigenvalue weighted by molar-refractivity contribution is 8.00. The molecule has 0 aromatic heterocycles. The van der Waals surface area contributed by atoms with Crippen molar-refractivity contribution in [3.63, 3.8) is 0 Å². The lowest BCUT2D eigenvalue weighted by Crippen LogP contribution is -2.30. The molecule has 0 radical (unpaired) electrons. The van der Waals surface area contributed by atoms with E-state index in [1.54, 1.807) is 11.8 Å². The molecule has 2 aromatic carbocycles. The van der Waals surface area contributed by atoms with Crippen LogP contribution in [0, 0.1) is 0 Å². The summed E-state index contributed by atoms with van der Waals surface area (Å²) in [5, 5.41) is -0.204. The van der Waals surface area contributed by atoms with Gasteiger partial charge in [-0.25, -0.2) is 0 Å². The van der Waals surface area contributed by atoms with Crippen LogP contribution in [0.1, 0.15) is 25.5 Å². The Bertz CT molecular complexity index is 622. The number of carbonyl (C=O) groups is 1. The molecule has 0 aliphatic carbocycles. The molecule has 0 saturated carbocycles. The summed E-state index contributed by atoms with van der Waals surface area (Å²) in [5.74, 6) is 0.158. The average molecular weight is 298 g/mol. The predicted octanol–water partition coefficient (Wildman–Crippen LogP) is 4.27. The Hall–Kier alpha value is -1.58. The first-order valence-electron chi connectivity index (χ1n) is 7.07. The Morgan fingerprint density at radius 1 is 0.952 bits per heavy atom. The number of hydrogen-bond donors (Lipinski definition) is 0. The van der Waals surface area contributed by atoms with Crippen LogP contribution >= 0.6 is 11.8 Å². The maximum atomic E-state index is 12.7. The molecule has 2 atom stereocenters. The largest absolute Gasteiger partial charge is 0.358 e. The monoisotopic (exact) mass is 298 g/mol. The molecule has 0 bridgehead atoms. The molecule has 0 spiro atoms. The molecule has 1 saturated heterocycles. The number of benzene rings is 2. The van der Waals surface area contributed by atoms with Crippen molar-refractivity contribution >= 4 is 17.5 Å². The molecule has 0 unspecified atom stereocenters. The highest BCUT2D eigenvalue weighted by Gasteiger charge is 2.49. The van der Waals surface area contributed by atoms with Crippen LogP contribution < -0.4 is 0 Å². The minimum Gasteiger partial charge on any atom is -0.358 e. The second-order valence-electron chi connectivity index (χ2n) is 5.68. The topological polar surface area (TPSA) is 26.3 Å². The summed E-state index contributed by atoms with van der Waals surface area (Å²) in [4.78, 5) is 13.8. The van der Waals surface area contributed by atoms with Gasteiger partial charge in [-0.1, -0.05) is 48.5 Å². The number of rotatable bonds is 3. The lowest BCUT2D eigenvalue weighted by molar-refractivity contribution is -0.129. The van der Waals surface area contributed by atoms with Crippen molar-refractivity contribution in [3.05, 3.63) is 66.2 Å². The molecule has 2 aromatic rings. The molecular weight excluding hydrogens is 280 g/mol. The first kappa shape index (κ1) is 14.4. The minimum absolute atomic E-state index is 0.158. The molecule has 1 fully saturated rings. The molecule has 3 rings (SSSR count). The van der Waals surface area contributed by atoms with E-state index in [2.05, 4.69) is 0 Å². The van der Waals surface area contributed by atoms with Crippen LogP contribution in [-0.2, 0) is 9.53 Å². The van der Waals surface area contributed by atoms with Gasteiger partial charge in [0.1, 0.15) is 17.0 Å². The molecule has 21 heavy (non-hydrogen) atoms. The van der Waals surface area contributed by atoms with Crippen LogP contribution in [0.4, 0.5) is 0 Å². The summed E-state index contributed by atoms with van der Waals surface area (Å²) >= 11 is 1.59. The van der Waals surface area contributed by atoms with E-state index in [-0.39, 0.29) is 17.1 Å². The van der Waals surface area contributed by atoms with E-state index in [1.165, 1.54) is 0 Å². The second kappa shape index (κ2) is 5.66. The number of Topliss-reactive ketones (excluding diaryl/α,β-unsaturated/α-hetero) is 1. The number of ether oxygens (including phenoxy) is 1. The first-order chi connectivity index (χ1) is 10.1. The first-order valence-corrected chi connectivity index (χ1v) is 7.95. The van der Waals surface area contributed by atoms with E-state index in [4.69, 9.17) is 4.74 Å². The molecule has 0 N–H and O–H groups in total. The zero-order chi connectivity index (χ0) is 14.9. The summed E-state index contributed by atoms with van der Waals surface area (Å²) in [6.45, 7) is 3.72. The van der Waals surface area contributed by atoms with Crippen molar-refractivity contribution in [2.75, 3.05) is 0 Å². The van der Waals surface area contributed by atoms with Gasteiger partial charge in [-0.15, -0.1) is 11.8 Å². The van der Waals surface area contributed by atoms with Gasteiger partial charge in [0.2, 0.25) is 0 Å². The summed E-state index contributed by atoms with van der Waals surface area (Å²) < 4.78 is 6.06. The summed E-state index contributed by atoms with van der Waals surface area (Å²) in [7, 11) is 0. The highest BCUT2D eigenvalue weighted by Crippen LogP contribution is 2.45. The quantitative estimate of drug-likeness (QED) is 0.846. The maximum Gasteiger partial charge on any atom is 0.180 e. The molecule has 0 amide bonds. The summed E-state index contributed by atoms with van der Waals surface area (Å²) in [5.41, 5.74) is 0.331. The van der Waals surface area contributed by atoms with Gasteiger partial charge >= 0.3 is 0 Å². The summed E-state index contributed by atoms with van der Waals surface area (Å²) in [6, 6.07) is 20.0. The molecule has 1 aliphatic rings. The van der Waals surface area contributed by atoms with Gasteiger partial charge in [0.15, 0.2) is 5.78 Å². The minimum atomic E-state index is -0.729. The van der Waals surface area contributed by atoms with E-state index >= 15 is 0 Å². The zero-order valence-corrected chi connectivity index (χ0v) is 13.0. The van der Waals surface area contributed by atoms with Crippen molar-refractivity contribution in [3.8, 4) is 0 Å². The van der Waals surface area contributed by atoms with Gasteiger partial charge in [-0.05, 0) is 31.5 Å². The van der Waals surface area contributed by atoms with E-state index in [1.807, 2.05) is 74.5 Å². The third-order valence-electron chi connectivity index (χ3n) is 3.68. The van der Waals surface area contributed by atoms with Crippen LogP contribution in [0.2, 0.25) is 0 Å². The van der Waals surface area contributed by atoms with E-state index in [9.17, 15) is 4.79 Å².